The van der Waals surface area contributed by atoms with Gasteiger partial charge in [-0.05, 0) is 31.1 Å². The molecule has 3 atom stereocenters. The molecule has 0 heterocycles. The second-order valence-corrected chi connectivity index (χ2v) is 6.74. The number of carbonyl (C=O) groups is 2. The van der Waals surface area contributed by atoms with E-state index in [9.17, 15) is 9.59 Å². The minimum absolute atomic E-state index is 0.0398. The lowest BCUT2D eigenvalue weighted by atomic mass is 9.79. The number of ether oxygens (including phenoxy) is 1. The van der Waals surface area contributed by atoms with E-state index >= 15 is 0 Å². The van der Waals surface area contributed by atoms with Gasteiger partial charge in [-0.1, -0.05) is 33.6 Å². The third-order valence-corrected chi connectivity index (χ3v) is 4.52. The summed E-state index contributed by atoms with van der Waals surface area (Å²) in [4.78, 5) is 24.8. The highest BCUT2D eigenvalue weighted by molar-refractivity contribution is 5.88. The van der Waals surface area contributed by atoms with Crippen molar-refractivity contribution >= 4 is 11.8 Å². The van der Waals surface area contributed by atoms with Gasteiger partial charge in [0.05, 0.1) is 0 Å². The van der Waals surface area contributed by atoms with Gasteiger partial charge in [0, 0.05) is 26.2 Å². The van der Waals surface area contributed by atoms with Crippen molar-refractivity contribution in [1.82, 2.24) is 10.6 Å². The molecule has 0 radical (unpaired) electrons. The molecule has 1 fully saturated rings. The first-order chi connectivity index (χ1) is 10.5. The molecule has 5 heteroatoms. The van der Waals surface area contributed by atoms with Gasteiger partial charge >= 0.3 is 0 Å². The van der Waals surface area contributed by atoms with Gasteiger partial charge in [-0.3, -0.25) is 9.59 Å². The van der Waals surface area contributed by atoms with Crippen LogP contribution < -0.4 is 10.6 Å². The van der Waals surface area contributed by atoms with E-state index in [0.717, 1.165) is 25.7 Å². The van der Waals surface area contributed by atoms with Crippen molar-refractivity contribution in [2.24, 2.45) is 17.8 Å². The number of amides is 2. The Hall–Kier alpha value is -1.10. The zero-order chi connectivity index (χ0) is 16.5. The standard InChI is InChI=1S/C17H32N2O3/c1-12(2)15(17(21)18-10-7-11-22-4)19-16(20)14-9-6-5-8-13(14)3/h12-15H,5-11H2,1-4H3,(H,18,21)(H,19,20). The Kier molecular flexibility index (Phi) is 8.46. The van der Waals surface area contributed by atoms with Gasteiger partial charge < -0.3 is 15.4 Å². The molecule has 0 aliphatic heterocycles. The van der Waals surface area contributed by atoms with E-state index < -0.39 is 6.04 Å². The smallest absolute Gasteiger partial charge is 0.242 e. The molecule has 5 nitrogen and oxygen atoms in total. The average Bonchev–Trinajstić information content (AvgIpc) is 2.49. The van der Waals surface area contributed by atoms with Crippen molar-refractivity contribution in [3.05, 3.63) is 0 Å². The fourth-order valence-corrected chi connectivity index (χ4v) is 3.04. The molecule has 0 bridgehead atoms. The topological polar surface area (TPSA) is 67.4 Å². The first kappa shape index (κ1) is 18.9. The number of nitrogens with one attached hydrogen (secondary N) is 2. The van der Waals surface area contributed by atoms with Gasteiger partial charge in [-0.2, -0.15) is 0 Å². The van der Waals surface area contributed by atoms with Crippen LogP contribution in [-0.2, 0) is 14.3 Å². The molecule has 1 rings (SSSR count). The molecule has 0 aromatic rings. The Labute approximate surface area is 134 Å². The van der Waals surface area contributed by atoms with E-state index in [4.69, 9.17) is 4.74 Å². The summed E-state index contributed by atoms with van der Waals surface area (Å²) in [6, 6.07) is -0.454. The first-order valence-corrected chi connectivity index (χ1v) is 8.54. The molecule has 0 saturated heterocycles. The molecular formula is C17H32N2O3. The lowest BCUT2D eigenvalue weighted by Crippen LogP contribution is -2.52. The van der Waals surface area contributed by atoms with Crippen molar-refractivity contribution in [1.29, 1.82) is 0 Å². The lowest BCUT2D eigenvalue weighted by molar-refractivity contribution is -0.133. The normalized spacial score (nSPS) is 23.1. The quantitative estimate of drug-likeness (QED) is 0.675. The number of hydrogen-bond donors (Lipinski definition) is 2. The van der Waals surface area contributed by atoms with Crippen molar-refractivity contribution in [2.75, 3.05) is 20.3 Å². The second-order valence-electron chi connectivity index (χ2n) is 6.74. The van der Waals surface area contributed by atoms with E-state index in [0.29, 0.717) is 19.1 Å². The van der Waals surface area contributed by atoms with E-state index in [-0.39, 0.29) is 23.7 Å². The van der Waals surface area contributed by atoms with Gasteiger partial charge in [0.25, 0.3) is 0 Å². The number of carbonyl (C=O) groups excluding carboxylic acids is 2. The van der Waals surface area contributed by atoms with Crippen LogP contribution in [0.3, 0.4) is 0 Å². The van der Waals surface area contributed by atoms with Gasteiger partial charge in [0.1, 0.15) is 6.04 Å². The highest BCUT2D eigenvalue weighted by Gasteiger charge is 2.31. The van der Waals surface area contributed by atoms with E-state index in [1.54, 1.807) is 7.11 Å². The molecule has 0 spiro atoms. The minimum atomic E-state index is -0.454. The Morgan fingerprint density at radius 3 is 2.50 bits per heavy atom. The molecule has 0 aromatic heterocycles. The Morgan fingerprint density at radius 1 is 1.23 bits per heavy atom. The molecule has 128 valence electrons. The highest BCUT2D eigenvalue weighted by atomic mass is 16.5. The van der Waals surface area contributed by atoms with Crippen LogP contribution in [0.4, 0.5) is 0 Å². The van der Waals surface area contributed by atoms with Gasteiger partial charge in [0.15, 0.2) is 0 Å². The molecule has 22 heavy (non-hydrogen) atoms. The first-order valence-electron chi connectivity index (χ1n) is 8.54. The van der Waals surface area contributed by atoms with Crippen LogP contribution in [0, 0.1) is 17.8 Å². The van der Waals surface area contributed by atoms with Crippen LogP contribution in [0.25, 0.3) is 0 Å². The van der Waals surface area contributed by atoms with Crippen molar-refractivity contribution in [2.45, 2.75) is 58.9 Å². The summed E-state index contributed by atoms with van der Waals surface area (Å²) in [5, 5.41) is 5.86. The van der Waals surface area contributed by atoms with E-state index in [2.05, 4.69) is 17.6 Å². The summed E-state index contributed by atoms with van der Waals surface area (Å²) in [6.45, 7) is 7.26. The van der Waals surface area contributed by atoms with Crippen molar-refractivity contribution in [3.8, 4) is 0 Å². The van der Waals surface area contributed by atoms with E-state index in [1.165, 1.54) is 6.42 Å². The maximum atomic E-state index is 12.5. The Morgan fingerprint density at radius 2 is 1.91 bits per heavy atom. The predicted octanol–water partition coefficient (Wildman–Crippen LogP) is 2.11. The minimum Gasteiger partial charge on any atom is -0.385 e. The second kappa shape index (κ2) is 9.82. The van der Waals surface area contributed by atoms with Crippen molar-refractivity contribution < 1.29 is 14.3 Å². The summed E-state index contributed by atoms with van der Waals surface area (Å²) in [7, 11) is 1.64. The average molecular weight is 312 g/mol. The summed E-state index contributed by atoms with van der Waals surface area (Å²) < 4.78 is 4.97. The van der Waals surface area contributed by atoms with Crippen LogP contribution in [-0.4, -0.2) is 38.1 Å². The van der Waals surface area contributed by atoms with Crippen LogP contribution >= 0.6 is 0 Å². The molecule has 1 saturated carbocycles. The van der Waals surface area contributed by atoms with Crippen LogP contribution in [0.5, 0.6) is 0 Å². The predicted molar refractivity (Wildman–Crippen MR) is 87.4 cm³/mol. The Balaban J connectivity index is 2.51. The molecular weight excluding hydrogens is 280 g/mol. The zero-order valence-corrected chi connectivity index (χ0v) is 14.5. The van der Waals surface area contributed by atoms with Gasteiger partial charge in [0.2, 0.25) is 11.8 Å². The van der Waals surface area contributed by atoms with Gasteiger partial charge in [-0.25, -0.2) is 0 Å². The van der Waals surface area contributed by atoms with Gasteiger partial charge in [-0.15, -0.1) is 0 Å². The van der Waals surface area contributed by atoms with Crippen LogP contribution in [0.1, 0.15) is 52.9 Å². The largest absolute Gasteiger partial charge is 0.385 e. The molecule has 2 N–H and O–H groups in total. The third kappa shape index (κ3) is 5.95. The molecule has 1 aliphatic carbocycles. The highest BCUT2D eigenvalue weighted by Crippen LogP contribution is 2.29. The zero-order valence-electron chi connectivity index (χ0n) is 14.5. The summed E-state index contributed by atoms with van der Waals surface area (Å²) in [5.41, 5.74) is 0. The number of methoxy groups -OCH3 is 1. The third-order valence-electron chi connectivity index (χ3n) is 4.52. The molecule has 3 unspecified atom stereocenters. The van der Waals surface area contributed by atoms with E-state index in [1.807, 2.05) is 13.8 Å². The number of rotatable bonds is 8. The maximum absolute atomic E-state index is 12.5. The molecule has 0 aromatic carbocycles. The summed E-state index contributed by atoms with van der Waals surface area (Å²) >= 11 is 0. The van der Waals surface area contributed by atoms with Crippen LogP contribution in [0.15, 0.2) is 0 Å². The molecule has 2 amide bonds. The summed E-state index contributed by atoms with van der Waals surface area (Å²) in [5.74, 6) is 0.480. The monoisotopic (exact) mass is 312 g/mol. The molecule has 1 aliphatic rings. The SMILES string of the molecule is COCCCNC(=O)C(NC(=O)C1CCCCC1C)C(C)C. The number of hydrogen-bond acceptors (Lipinski definition) is 3. The summed E-state index contributed by atoms with van der Waals surface area (Å²) in [6.07, 6.45) is 5.14. The maximum Gasteiger partial charge on any atom is 0.242 e. The fraction of sp³-hybridized carbons (Fsp3) is 0.882. The Bertz CT molecular complexity index is 358. The lowest BCUT2D eigenvalue weighted by Gasteiger charge is -2.30. The van der Waals surface area contributed by atoms with Crippen LogP contribution in [0.2, 0.25) is 0 Å². The van der Waals surface area contributed by atoms with Crippen molar-refractivity contribution in [3.63, 3.8) is 0 Å². The fourth-order valence-electron chi connectivity index (χ4n) is 3.04.